The molecule has 0 spiro atoms. The molecule has 2 aliphatic rings. The molecule has 2 heterocycles. The Morgan fingerprint density at radius 2 is 1.85 bits per heavy atom. The van der Waals surface area contributed by atoms with Gasteiger partial charge in [-0.3, -0.25) is 9.59 Å². The zero-order chi connectivity index (χ0) is 19.6. The number of benzene rings is 1. The van der Waals surface area contributed by atoms with E-state index in [2.05, 4.69) is 10.6 Å². The highest BCUT2D eigenvalue weighted by Gasteiger charge is 2.42. The van der Waals surface area contributed by atoms with Crippen molar-refractivity contribution in [3.8, 4) is 0 Å². The number of alkyl halides is 3. The van der Waals surface area contributed by atoms with Gasteiger partial charge in [0.25, 0.3) is 5.91 Å². The largest absolute Gasteiger partial charge is 0.391 e. The molecule has 2 fully saturated rings. The quantitative estimate of drug-likeness (QED) is 0.815. The summed E-state index contributed by atoms with van der Waals surface area (Å²) in [7, 11) is 0. The van der Waals surface area contributed by atoms with Gasteiger partial charge in [-0.1, -0.05) is 18.2 Å². The maximum absolute atomic E-state index is 13.0. The van der Waals surface area contributed by atoms with Crippen LogP contribution in [0.5, 0.6) is 0 Å². The molecule has 7 nitrogen and oxygen atoms in total. The Balaban J connectivity index is 1.75. The maximum Gasteiger partial charge on any atom is 0.391 e. The fraction of sp³-hybridized carbons (Fsp3) is 0.471. The minimum atomic E-state index is -4.49. The number of carbonyl (C=O) groups excluding carboxylic acids is 3. The van der Waals surface area contributed by atoms with Crippen molar-refractivity contribution in [3.05, 3.63) is 35.9 Å². The number of amides is 4. The molecule has 0 bridgehead atoms. The Morgan fingerprint density at radius 1 is 1.15 bits per heavy atom. The highest BCUT2D eigenvalue weighted by molar-refractivity contribution is 5.94. The van der Waals surface area contributed by atoms with Crippen molar-refractivity contribution in [2.75, 3.05) is 26.2 Å². The van der Waals surface area contributed by atoms with E-state index in [9.17, 15) is 27.6 Å². The van der Waals surface area contributed by atoms with Crippen molar-refractivity contribution in [2.45, 2.75) is 24.7 Å². The van der Waals surface area contributed by atoms with Gasteiger partial charge in [-0.15, -0.1) is 0 Å². The number of halogens is 3. The van der Waals surface area contributed by atoms with Crippen LogP contribution in [0.15, 0.2) is 30.3 Å². The summed E-state index contributed by atoms with van der Waals surface area (Å²) < 4.78 is 39.1. The first-order valence-corrected chi connectivity index (χ1v) is 8.50. The average Bonchev–Trinajstić information content (AvgIpc) is 3.06. The van der Waals surface area contributed by atoms with Gasteiger partial charge < -0.3 is 20.4 Å². The van der Waals surface area contributed by atoms with E-state index in [1.165, 1.54) is 4.90 Å². The van der Waals surface area contributed by atoms with Crippen LogP contribution in [0.2, 0.25) is 0 Å². The molecule has 2 aliphatic heterocycles. The third-order valence-electron chi connectivity index (χ3n) is 4.61. The summed E-state index contributed by atoms with van der Waals surface area (Å²) in [6.07, 6.45) is -5.70. The molecule has 146 valence electrons. The number of urea groups is 1. The number of rotatable bonds is 3. The second-order valence-electron chi connectivity index (χ2n) is 6.53. The van der Waals surface area contributed by atoms with Crippen molar-refractivity contribution < 1.29 is 27.6 Å². The Hall–Kier alpha value is -2.78. The molecule has 1 unspecified atom stereocenters. The third-order valence-corrected chi connectivity index (χ3v) is 4.61. The molecule has 0 radical (unpaired) electrons. The first-order chi connectivity index (χ1) is 12.7. The SMILES string of the molecule is O=C1NC[C@@H](C(=O)N2CCN(C(=O)c3ccccc3)CC2CC(F)(F)F)N1. The molecule has 2 saturated heterocycles. The van der Waals surface area contributed by atoms with Gasteiger partial charge in [-0.05, 0) is 12.1 Å². The van der Waals surface area contributed by atoms with Crippen LogP contribution < -0.4 is 10.6 Å². The number of hydrogen-bond donors (Lipinski definition) is 2. The van der Waals surface area contributed by atoms with Gasteiger partial charge in [-0.2, -0.15) is 13.2 Å². The van der Waals surface area contributed by atoms with Gasteiger partial charge in [0.15, 0.2) is 0 Å². The van der Waals surface area contributed by atoms with E-state index >= 15 is 0 Å². The molecule has 10 heteroatoms. The molecule has 3 rings (SSSR count). The number of piperazine rings is 1. The Labute approximate surface area is 153 Å². The molecule has 2 N–H and O–H groups in total. The molecular weight excluding hydrogens is 365 g/mol. The minimum Gasteiger partial charge on any atom is -0.336 e. The summed E-state index contributed by atoms with van der Waals surface area (Å²) in [5.41, 5.74) is 0.385. The average molecular weight is 384 g/mol. The Bertz CT molecular complexity index is 726. The first-order valence-electron chi connectivity index (χ1n) is 8.50. The maximum atomic E-state index is 13.0. The fourth-order valence-electron chi connectivity index (χ4n) is 3.34. The predicted octanol–water partition coefficient (Wildman–Crippen LogP) is 0.973. The van der Waals surface area contributed by atoms with Crippen molar-refractivity contribution in [3.63, 3.8) is 0 Å². The third kappa shape index (κ3) is 4.50. The number of nitrogens with one attached hydrogen (secondary N) is 2. The first kappa shape index (κ1) is 19.0. The van der Waals surface area contributed by atoms with Crippen LogP contribution in [0, 0.1) is 0 Å². The van der Waals surface area contributed by atoms with Crippen LogP contribution in [-0.4, -0.2) is 72.1 Å². The van der Waals surface area contributed by atoms with Gasteiger partial charge in [0.05, 0.1) is 12.5 Å². The van der Waals surface area contributed by atoms with Crippen LogP contribution >= 0.6 is 0 Å². The van der Waals surface area contributed by atoms with Crippen LogP contribution in [-0.2, 0) is 4.79 Å². The lowest BCUT2D eigenvalue weighted by molar-refractivity contribution is -0.159. The van der Waals surface area contributed by atoms with E-state index in [1.54, 1.807) is 30.3 Å². The van der Waals surface area contributed by atoms with Crippen LogP contribution in [0.4, 0.5) is 18.0 Å². The Morgan fingerprint density at radius 3 is 2.44 bits per heavy atom. The standard InChI is InChI=1S/C17H19F3N4O3/c18-17(19,20)8-12-10-23(14(25)11-4-2-1-3-5-11)6-7-24(12)15(26)13-9-21-16(27)22-13/h1-5,12-13H,6-10H2,(H2,21,22,27)/t12?,13-/m0/s1. The van der Waals surface area contributed by atoms with Crippen LogP contribution in [0.1, 0.15) is 16.8 Å². The van der Waals surface area contributed by atoms with Crippen molar-refractivity contribution in [2.24, 2.45) is 0 Å². The summed E-state index contributed by atoms with van der Waals surface area (Å²) in [5.74, 6) is -0.944. The molecule has 0 aromatic heterocycles. The lowest BCUT2D eigenvalue weighted by Gasteiger charge is -2.42. The lowest BCUT2D eigenvalue weighted by Crippen LogP contribution is -2.60. The summed E-state index contributed by atoms with van der Waals surface area (Å²) in [4.78, 5) is 38.8. The smallest absolute Gasteiger partial charge is 0.336 e. The summed E-state index contributed by atoms with van der Waals surface area (Å²) in [6.45, 7) is -0.0842. The molecule has 1 aromatic rings. The minimum absolute atomic E-state index is 0.0233. The normalized spacial score (nSPS) is 23.0. The van der Waals surface area contributed by atoms with E-state index in [0.717, 1.165) is 4.90 Å². The second-order valence-corrected chi connectivity index (χ2v) is 6.53. The molecular formula is C17H19F3N4O3. The van der Waals surface area contributed by atoms with Crippen molar-refractivity contribution in [1.82, 2.24) is 20.4 Å². The van der Waals surface area contributed by atoms with Crippen molar-refractivity contribution >= 4 is 17.8 Å². The molecule has 4 amide bonds. The van der Waals surface area contributed by atoms with Gasteiger partial charge >= 0.3 is 12.2 Å². The van der Waals surface area contributed by atoms with E-state index in [4.69, 9.17) is 0 Å². The highest BCUT2D eigenvalue weighted by atomic mass is 19.4. The summed E-state index contributed by atoms with van der Waals surface area (Å²) >= 11 is 0. The topological polar surface area (TPSA) is 81.8 Å². The lowest BCUT2D eigenvalue weighted by atomic mass is 10.0. The molecule has 0 saturated carbocycles. The van der Waals surface area contributed by atoms with E-state index < -0.39 is 36.6 Å². The van der Waals surface area contributed by atoms with Gasteiger partial charge in [0.2, 0.25) is 5.91 Å². The zero-order valence-electron chi connectivity index (χ0n) is 14.3. The van der Waals surface area contributed by atoms with Gasteiger partial charge in [0, 0.05) is 31.7 Å². The highest BCUT2D eigenvalue weighted by Crippen LogP contribution is 2.27. The van der Waals surface area contributed by atoms with Crippen LogP contribution in [0.25, 0.3) is 0 Å². The summed E-state index contributed by atoms with van der Waals surface area (Å²) in [6, 6.07) is 5.66. The molecule has 2 atom stereocenters. The fourth-order valence-corrected chi connectivity index (χ4v) is 3.34. The Kier molecular flexibility index (Phi) is 5.24. The van der Waals surface area contributed by atoms with E-state index in [-0.39, 0.29) is 32.1 Å². The van der Waals surface area contributed by atoms with E-state index in [0.29, 0.717) is 5.56 Å². The summed E-state index contributed by atoms with van der Waals surface area (Å²) in [5, 5.41) is 4.81. The van der Waals surface area contributed by atoms with Crippen molar-refractivity contribution in [1.29, 1.82) is 0 Å². The predicted molar refractivity (Wildman–Crippen MR) is 88.8 cm³/mol. The van der Waals surface area contributed by atoms with Crippen LogP contribution in [0.3, 0.4) is 0 Å². The van der Waals surface area contributed by atoms with Gasteiger partial charge in [0.1, 0.15) is 6.04 Å². The monoisotopic (exact) mass is 384 g/mol. The van der Waals surface area contributed by atoms with E-state index in [1.807, 2.05) is 0 Å². The second kappa shape index (κ2) is 7.45. The zero-order valence-corrected chi connectivity index (χ0v) is 14.3. The van der Waals surface area contributed by atoms with Gasteiger partial charge in [-0.25, -0.2) is 4.79 Å². The molecule has 1 aromatic carbocycles. The number of carbonyl (C=O) groups is 3. The molecule has 0 aliphatic carbocycles. The molecule has 27 heavy (non-hydrogen) atoms. The number of nitrogens with zero attached hydrogens (tertiary/aromatic N) is 2. The number of hydrogen-bond acceptors (Lipinski definition) is 3.